The number of hydrogen-bond acceptors (Lipinski definition) is 4. The van der Waals surface area contributed by atoms with Gasteiger partial charge in [-0.3, -0.25) is 0 Å². The molecule has 10 heteroatoms. The summed E-state index contributed by atoms with van der Waals surface area (Å²) in [6, 6.07) is 34.0. The van der Waals surface area contributed by atoms with Crippen molar-refractivity contribution in [1.29, 1.82) is 0 Å². The van der Waals surface area contributed by atoms with Crippen molar-refractivity contribution in [3.05, 3.63) is 144 Å². The molecule has 0 unspecified atom stereocenters. The molecular formula is C32H29ClF3NO4S. The molecule has 4 aromatic carbocycles. The van der Waals surface area contributed by atoms with Crippen molar-refractivity contribution in [3.8, 4) is 0 Å². The minimum Gasteiger partial charge on any atom is -0.342 e. The lowest BCUT2D eigenvalue weighted by atomic mass is 9.72. The largest absolute Gasteiger partial charge is 0.511 e. The van der Waals surface area contributed by atoms with E-state index in [1.165, 1.54) is 0 Å². The highest BCUT2D eigenvalue weighted by Gasteiger charge is 2.64. The minimum absolute atomic E-state index is 0.209. The minimum atomic E-state index is -5.95. The summed E-state index contributed by atoms with van der Waals surface area (Å²) < 4.78 is 83.6. The van der Waals surface area contributed by atoms with Crippen LogP contribution in [0.3, 0.4) is 0 Å². The van der Waals surface area contributed by atoms with Crippen LogP contribution in [0.2, 0.25) is 0 Å². The molecule has 1 aliphatic heterocycles. The Kier molecular flexibility index (Phi) is 8.02. The van der Waals surface area contributed by atoms with Gasteiger partial charge in [-0.15, -0.1) is 11.6 Å². The van der Waals surface area contributed by atoms with Crippen molar-refractivity contribution in [3.63, 3.8) is 0 Å². The Morgan fingerprint density at radius 3 is 1.33 bits per heavy atom. The van der Waals surface area contributed by atoms with Gasteiger partial charge >= 0.3 is 15.5 Å². The third-order valence-corrected chi connectivity index (χ3v) is 9.21. The maximum atomic E-state index is 14.1. The summed E-state index contributed by atoms with van der Waals surface area (Å²) in [5, 5.41) is 0. The Balaban J connectivity index is 1.87. The second-order valence-corrected chi connectivity index (χ2v) is 12.8. The van der Waals surface area contributed by atoms with Crippen LogP contribution in [0, 0.1) is 0 Å². The van der Waals surface area contributed by atoms with Crippen molar-refractivity contribution in [2.24, 2.45) is 0 Å². The molecule has 1 heterocycles. The second kappa shape index (κ2) is 11.1. The summed E-state index contributed by atoms with van der Waals surface area (Å²) >= 11 is 7.66. The van der Waals surface area contributed by atoms with E-state index in [0.29, 0.717) is 11.1 Å². The Morgan fingerprint density at radius 1 is 0.643 bits per heavy atom. The van der Waals surface area contributed by atoms with E-state index in [0.717, 1.165) is 0 Å². The lowest BCUT2D eigenvalue weighted by molar-refractivity contribution is -0.153. The Labute approximate surface area is 248 Å². The maximum Gasteiger partial charge on any atom is 0.511 e. The van der Waals surface area contributed by atoms with Crippen LogP contribution in [-0.2, 0) is 29.9 Å². The number of sulfonamides is 1. The average Bonchev–Trinajstić information content (AvgIpc) is 3.32. The van der Waals surface area contributed by atoms with Gasteiger partial charge in [-0.25, -0.2) is 8.42 Å². The van der Waals surface area contributed by atoms with Gasteiger partial charge in [0.1, 0.15) is 22.6 Å². The van der Waals surface area contributed by atoms with Gasteiger partial charge in [-0.1, -0.05) is 121 Å². The molecule has 220 valence electrons. The molecule has 42 heavy (non-hydrogen) atoms. The predicted molar refractivity (Wildman–Crippen MR) is 155 cm³/mol. The number of rotatable bonds is 8. The van der Waals surface area contributed by atoms with Crippen LogP contribution in [0.25, 0.3) is 0 Å². The first-order chi connectivity index (χ1) is 19.8. The van der Waals surface area contributed by atoms with E-state index in [4.69, 9.17) is 21.1 Å². The molecule has 0 amide bonds. The topological polar surface area (TPSA) is 64.6 Å². The summed E-state index contributed by atoms with van der Waals surface area (Å²) in [6.07, 6.45) is -2.62. The summed E-state index contributed by atoms with van der Waals surface area (Å²) in [4.78, 5) is -1.53. The van der Waals surface area contributed by atoms with Gasteiger partial charge in [0.05, 0.1) is 0 Å². The van der Waals surface area contributed by atoms with Crippen LogP contribution in [0.1, 0.15) is 36.1 Å². The maximum absolute atomic E-state index is 14.1. The van der Waals surface area contributed by atoms with E-state index < -0.39 is 43.9 Å². The van der Waals surface area contributed by atoms with Crippen LogP contribution < -0.4 is 4.72 Å². The van der Waals surface area contributed by atoms with Crippen LogP contribution in [0.5, 0.6) is 0 Å². The SMILES string of the molecule is CC1(C)O[C@@H](C(Cl)(c2ccccc2)c2ccccc2)[C@H](C(NS(=O)(=O)C(F)(F)F)(c2ccccc2)c2ccccc2)O1. The third-order valence-electron chi connectivity index (χ3n) is 7.36. The third kappa shape index (κ3) is 5.36. The van der Waals surface area contributed by atoms with Crippen molar-refractivity contribution in [2.45, 2.75) is 47.8 Å². The van der Waals surface area contributed by atoms with Crippen molar-refractivity contribution < 1.29 is 31.1 Å². The molecule has 0 bridgehead atoms. The highest BCUT2D eigenvalue weighted by molar-refractivity contribution is 7.90. The zero-order valence-electron chi connectivity index (χ0n) is 22.8. The Bertz CT molecular complexity index is 1520. The first-order valence-electron chi connectivity index (χ1n) is 13.2. The Hall–Kier alpha value is -3.21. The number of nitrogens with one attached hydrogen (secondary N) is 1. The summed E-state index contributed by atoms with van der Waals surface area (Å²) in [5.74, 6) is -1.38. The molecule has 0 radical (unpaired) electrons. The van der Waals surface area contributed by atoms with Crippen LogP contribution in [-0.4, -0.2) is 31.9 Å². The monoisotopic (exact) mass is 615 g/mol. The predicted octanol–water partition coefficient (Wildman–Crippen LogP) is 7.07. The van der Waals surface area contributed by atoms with Crippen molar-refractivity contribution in [2.75, 3.05) is 0 Å². The molecule has 5 nitrogen and oxygen atoms in total. The van der Waals surface area contributed by atoms with Crippen LogP contribution >= 0.6 is 11.6 Å². The van der Waals surface area contributed by atoms with E-state index in [-0.39, 0.29) is 11.1 Å². The normalized spacial score (nSPS) is 19.5. The standard InChI is InChI=1S/C32H29ClF3NO4S/c1-29(2)40-27(30(33,23-15-7-3-8-16-23)24-17-9-4-10-18-24)28(41-29)31(25-19-11-5-12-20-25,26-21-13-6-14-22-26)37-42(38,39)32(34,35)36/h3-22,27-28,37H,1-2H3/t27-,28-/m1/s1. The van der Waals surface area contributed by atoms with E-state index in [1.54, 1.807) is 123 Å². The molecule has 1 N–H and O–H groups in total. The van der Waals surface area contributed by atoms with Crippen LogP contribution in [0.4, 0.5) is 13.2 Å². The zero-order valence-corrected chi connectivity index (χ0v) is 24.3. The quantitative estimate of drug-likeness (QED) is 0.215. The number of halogens is 4. The highest BCUT2D eigenvalue weighted by atomic mass is 35.5. The fourth-order valence-corrected chi connectivity index (χ4v) is 6.87. The first-order valence-corrected chi connectivity index (χ1v) is 15.0. The number of ether oxygens (including phenoxy) is 2. The van der Waals surface area contributed by atoms with Gasteiger partial charge in [0.2, 0.25) is 0 Å². The molecule has 4 aromatic rings. The van der Waals surface area contributed by atoms with E-state index in [9.17, 15) is 21.6 Å². The van der Waals surface area contributed by atoms with Gasteiger partial charge in [-0.05, 0) is 36.1 Å². The molecule has 1 fully saturated rings. The molecule has 0 saturated carbocycles. The average molecular weight is 616 g/mol. The van der Waals surface area contributed by atoms with Crippen molar-refractivity contribution in [1.82, 2.24) is 4.72 Å². The van der Waals surface area contributed by atoms with Gasteiger partial charge in [0.25, 0.3) is 0 Å². The lowest BCUT2D eigenvalue weighted by Gasteiger charge is -2.45. The summed E-state index contributed by atoms with van der Waals surface area (Å²) in [6.45, 7) is 3.23. The highest BCUT2D eigenvalue weighted by Crippen LogP contribution is 2.53. The molecule has 1 saturated heterocycles. The number of hydrogen-bond donors (Lipinski definition) is 1. The second-order valence-electron chi connectivity index (χ2n) is 10.5. The summed E-state index contributed by atoms with van der Waals surface area (Å²) in [7, 11) is -5.95. The van der Waals surface area contributed by atoms with Gasteiger partial charge in [0, 0.05) is 0 Å². The zero-order chi connectivity index (χ0) is 30.2. The molecule has 0 spiro atoms. The van der Waals surface area contributed by atoms with Gasteiger partial charge in [0.15, 0.2) is 5.79 Å². The van der Waals surface area contributed by atoms with Crippen LogP contribution in [0.15, 0.2) is 121 Å². The smallest absolute Gasteiger partial charge is 0.342 e. The molecule has 0 aliphatic carbocycles. The van der Waals surface area contributed by atoms with E-state index in [2.05, 4.69) is 0 Å². The molecular weight excluding hydrogens is 587 g/mol. The van der Waals surface area contributed by atoms with E-state index >= 15 is 0 Å². The molecule has 0 aromatic heterocycles. The molecule has 1 aliphatic rings. The molecule has 2 atom stereocenters. The Morgan fingerprint density at radius 2 is 0.976 bits per heavy atom. The lowest BCUT2D eigenvalue weighted by Crippen LogP contribution is -2.62. The van der Waals surface area contributed by atoms with Gasteiger partial charge < -0.3 is 9.47 Å². The van der Waals surface area contributed by atoms with E-state index in [1.807, 2.05) is 16.9 Å². The first kappa shape index (κ1) is 30.3. The fourth-order valence-electron chi connectivity index (χ4n) is 5.57. The van der Waals surface area contributed by atoms with Gasteiger partial charge in [-0.2, -0.15) is 17.9 Å². The number of benzene rings is 4. The number of alkyl halides is 4. The molecule has 5 rings (SSSR count). The fraction of sp³-hybridized carbons (Fsp3) is 0.250. The van der Waals surface area contributed by atoms with Crippen molar-refractivity contribution >= 4 is 21.6 Å². The summed E-state index contributed by atoms with van der Waals surface area (Å²) in [5.41, 5.74) is -6.17.